The SMILES string of the molecule is Cc1nn(C2CCCN(C(=O)O)CC2)cc1Br. The Bertz CT molecular complexity index is 399. The summed E-state index contributed by atoms with van der Waals surface area (Å²) in [6, 6.07) is 0.310. The summed E-state index contributed by atoms with van der Waals surface area (Å²) in [6.45, 7) is 3.19. The number of amides is 1. The summed E-state index contributed by atoms with van der Waals surface area (Å²) in [7, 11) is 0. The van der Waals surface area contributed by atoms with Gasteiger partial charge in [0.2, 0.25) is 0 Å². The Hall–Kier alpha value is -1.04. The van der Waals surface area contributed by atoms with E-state index in [0.29, 0.717) is 19.1 Å². The monoisotopic (exact) mass is 301 g/mol. The first kappa shape index (κ1) is 12.4. The minimum atomic E-state index is -0.816. The van der Waals surface area contributed by atoms with Crippen LogP contribution < -0.4 is 0 Å². The fourth-order valence-corrected chi connectivity index (χ4v) is 2.47. The lowest BCUT2D eigenvalue weighted by Crippen LogP contribution is -2.30. The third-order valence-electron chi connectivity index (χ3n) is 3.20. The molecule has 1 aromatic heterocycles. The molecule has 0 bridgehead atoms. The van der Waals surface area contributed by atoms with Gasteiger partial charge in [0.25, 0.3) is 0 Å². The molecule has 2 heterocycles. The van der Waals surface area contributed by atoms with Gasteiger partial charge in [-0.15, -0.1) is 0 Å². The normalized spacial score (nSPS) is 21.3. The predicted molar refractivity (Wildman–Crippen MR) is 67.1 cm³/mol. The second kappa shape index (κ2) is 5.08. The molecule has 17 heavy (non-hydrogen) atoms. The van der Waals surface area contributed by atoms with Gasteiger partial charge in [0.1, 0.15) is 0 Å². The molecule has 1 aliphatic rings. The van der Waals surface area contributed by atoms with Gasteiger partial charge in [0.15, 0.2) is 0 Å². The molecule has 1 aromatic rings. The van der Waals surface area contributed by atoms with Crippen molar-refractivity contribution in [2.24, 2.45) is 0 Å². The van der Waals surface area contributed by atoms with Gasteiger partial charge >= 0.3 is 6.09 Å². The van der Waals surface area contributed by atoms with E-state index in [2.05, 4.69) is 21.0 Å². The number of rotatable bonds is 1. The Balaban J connectivity index is 2.06. The van der Waals surface area contributed by atoms with Crippen LogP contribution >= 0.6 is 15.9 Å². The van der Waals surface area contributed by atoms with Crippen molar-refractivity contribution in [3.63, 3.8) is 0 Å². The first-order valence-corrected chi connectivity index (χ1v) is 6.56. The average molecular weight is 302 g/mol. The predicted octanol–water partition coefficient (Wildman–Crippen LogP) is 2.66. The smallest absolute Gasteiger partial charge is 0.407 e. The summed E-state index contributed by atoms with van der Waals surface area (Å²) in [5.74, 6) is 0. The van der Waals surface area contributed by atoms with Crippen LogP contribution in [-0.2, 0) is 0 Å². The van der Waals surface area contributed by atoms with Crippen molar-refractivity contribution >= 4 is 22.0 Å². The Morgan fingerprint density at radius 3 is 2.88 bits per heavy atom. The number of nitrogens with zero attached hydrogens (tertiary/aromatic N) is 3. The second-order valence-corrected chi connectivity index (χ2v) is 5.25. The van der Waals surface area contributed by atoms with Crippen molar-refractivity contribution < 1.29 is 9.90 Å². The lowest BCUT2D eigenvalue weighted by atomic mass is 10.1. The van der Waals surface area contributed by atoms with Gasteiger partial charge in [-0.25, -0.2) is 4.79 Å². The Morgan fingerprint density at radius 2 is 2.29 bits per heavy atom. The molecule has 1 N–H and O–H groups in total. The summed E-state index contributed by atoms with van der Waals surface area (Å²) in [4.78, 5) is 12.4. The molecule has 1 atom stereocenters. The highest BCUT2D eigenvalue weighted by molar-refractivity contribution is 9.10. The van der Waals surface area contributed by atoms with E-state index in [1.807, 2.05) is 17.8 Å². The quantitative estimate of drug-likeness (QED) is 0.867. The molecule has 94 valence electrons. The van der Waals surface area contributed by atoms with E-state index in [1.54, 1.807) is 0 Å². The lowest BCUT2D eigenvalue weighted by molar-refractivity contribution is 0.146. The molecule has 1 aliphatic heterocycles. The van der Waals surface area contributed by atoms with E-state index in [4.69, 9.17) is 5.11 Å². The highest BCUT2D eigenvalue weighted by Gasteiger charge is 2.21. The Labute approximate surface area is 109 Å². The van der Waals surface area contributed by atoms with Crippen LogP contribution in [0.15, 0.2) is 10.7 Å². The average Bonchev–Trinajstić information content (AvgIpc) is 2.54. The number of aryl methyl sites for hydroxylation is 1. The highest BCUT2D eigenvalue weighted by Crippen LogP contribution is 2.24. The molecule has 0 saturated carbocycles. The van der Waals surface area contributed by atoms with Crippen molar-refractivity contribution in [2.75, 3.05) is 13.1 Å². The van der Waals surface area contributed by atoms with Crippen LogP contribution in [0.4, 0.5) is 4.79 Å². The van der Waals surface area contributed by atoms with E-state index < -0.39 is 6.09 Å². The maximum absolute atomic E-state index is 10.9. The molecule has 0 spiro atoms. The van der Waals surface area contributed by atoms with E-state index >= 15 is 0 Å². The summed E-state index contributed by atoms with van der Waals surface area (Å²) < 4.78 is 2.97. The van der Waals surface area contributed by atoms with Crippen LogP contribution in [0, 0.1) is 6.92 Å². The molecule has 1 fully saturated rings. The van der Waals surface area contributed by atoms with Crippen molar-refractivity contribution in [1.82, 2.24) is 14.7 Å². The number of hydrogen-bond donors (Lipinski definition) is 1. The van der Waals surface area contributed by atoms with Crippen molar-refractivity contribution in [2.45, 2.75) is 32.2 Å². The molecule has 2 rings (SSSR count). The molecule has 0 aliphatic carbocycles. The van der Waals surface area contributed by atoms with Crippen LogP contribution in [0.5, 0.6) is 0 Å². The third kappa shape index (κ3) is 2.80. The number of hydrogen-bond acceptors (Lipinski definition) is 2. The van der Waals surface area contributed by atoms with E-state index in [0.717, 1.165) is 29.4 Å². The summed E-state index contributed by atoms with van der Waals surface area (Å²) in [6.07, 6.45) is 3.88. The third-order valence-corrected chi connectivity index (χ3v) is 3.98. The maximum atomic E-state index is 10.9. The zero-order valence-electron chi connectivity index (χ0n) is 9.77. The minimum Gasteiger partial charge on any atom is -0.465 e. The van der Waals surface area contributed by atoms with Crippen LogP contribution in [0.25, 0.3) is 0 Å². The molecule has 0 radical (unpaired) electrons. The fraction of sp³-hybridized carbons (Fsp3) is 0.636. The van der Waals surface area contributed by atoms with Crippen molar-refractivity contribution in [1.29, 1.82) is 0 Å². The second-order valence-electron chi connectivity index (χ2n) is 4.40. The Kier molecular flexibility index (Phi) is 3.71. The molecular weight excluding hydrogens is 286 g/mol. The van der Waals surface area contributed by atoms with Gasteiger partial charge < -0.3 is 10.0 Å². The van der Waals surface area contributed by atoms with Gasteiger partial charge in [-0.2, -0.15) is 5.10 Å². The molecule has 6 heteroatoms. The summed E-state index contributed by atoms with van der Waals surface area (Å²) in [5.41, 5.74) is 0.976. The largest absolute Gasteiger partial charge is 0.465 e. The van der Waals surface area contributed by atoms with Crippen LogP contribution in [0.1, 0.15) is 31.0 Å². The van der Waals surface area contributed by atoms with E-state index in [1.165, 1.54) is 4.90 Å². The minimum absolute atomic E-state index is 0.310. The van der Waals surface area contributed by atoms with Gasteiger partial charge in [-0.3, -0.25) is 4.68 Å². The van der Waals surface area contributed by atoms with Gasteiger partial charge in [-0.05, 0) is 42.1 Å². The molecular formula is C11H16BrN3O2. The number of aromatic nitrogens is 2. The zero-order valence-corrected chi connectivity index (χ0v) is 11.4. The first-order chi connectivity index (χ1) is 8.08. The van der Waals surface area contributed by atoms with Gasteiger partial charge in [0.05, 0.1) is 16.2 Å². The zero-order chi connectivity index (χ0) is 12.4. The molecule has 1 amide bonds. The van der Waals surface area contributed by atoms with Crippen LogP contribution in [0.3, 0.4) is 0 Å². The van der Waals surface area contributed by atoms with Crippen molar-refractivity contribution in [3.05, 3.63) is 16.4 Å². The Morgan fingerprint density at radius 1 is 1.53 bits per heavy atom. The molecule has 1 saturated heterocycles. The summed E-state index contributed by atoms with van der Waals surface area (Å²) >= 11 is 3.45. The lowest BCUT2D eigenvalue weighted by Gasteiger charge is -2.16. The molecule has 1 unspecified atom stereocenters. The standard InChI is InChI=1S/C11H16BrN3O2/c1-8-10(12)7-15(13-8)9-3-2-5-14(6-4-9)11(16)17/h7,9H,2-6H2,1H3,(H,16,17). The number of carboxylic acid groups (broad SMARTS) is 1. The van der Waals surface area contributed by atoms with Crippen LogP contribution in [0.2, 0.25) is 0 Å². The number of likely N-dealkylation sites (tertiary alicyclic amines) is 1. The summed E-state index contributed by atoms with van der Waals surface area (Å²) in [5, 5.41) is 13.4. The first-order valence-electron chi connectivity index (χ1n) is 5.77. The fourth-order valence-electron chi connectivity index (χ4n) is 2.18. The number of carbonyl (C=O) groups is 1. The number of halogens is 1. The topological polar surface area (TPSA) is 58.4 Å². The van der Waals surface area contributed by atoms with E-state index in [9.17, 15) is 4.79 Å². The van der Waals surface area contributed by atoms with Gasteiger partial charge in [-0.1, -0.05) is 0 Å². The van der Waals surface area contributed by atoms with Crippen molar-refractivity contribution in [3.8, 4) is 0 Å². The highest BCUT2D eigenvalue weighted by atomic mass is 79.9. The maximum Gasteiger partial charge on any atom is 0.407 e. The van der Waals surface area contributed by atoms with E-state index in [-0.39, 0.29) is 0 Å². The molecule has 5 nitrogen and oxygen atoms in total. The molecule has 0 aromatic carbocycles. The van der Waals surface area contributed by atoms with Crippen LogP contribution in [-0.4, -0.2) is 39.0 Å². The van der Waals surface area contributed by atoms with Gasteiger partial charge in [0, 0.05) is 19.3 Å².